The third-order valence-electron chi connectivity index (χ3n) is 2.95. The van der Waals surface area contributed by atoms with E-state index < -0.39 is 4.92 Å². The maximum Gasteiger partial charge on any atom is 0.275 e. The van der Waals surface area contributed by atoms with Gasteiger partial charge in [0.25, 0.3) is 5.69 Å². The van der Waals surface area contributed by atoms with Crippen molar-refractivity contribution in [3.8, 4) is 5.75 Å². The Bertz CT molecular complexity index is 437. The van der Waals surface area contributed by atoms with Gasteiger partial charge in [0.15, 0.2) is 0 Å². The van der Waals surface area contributed by atoms with Crippen LogP contribution in [0.15, 0.2) is 18.2 Å². The molecule has 0 aliphatic heterocycles. The minimum atomic E-state index is -0.451. The zero-order chi connectivity index (χ0) is 14.4. The van der Waals surface area contributed by atoms with E-state index in [2.05, 4.69) is 5.32 Å². The molecule has 0 heterocycles. The van der Waals surface area contributed by atoms with Crippen molar-refractivity contribution in [3.63, 3.8) is 0 Å². The number of benzene rings is 1. The highest BCUT2D eigenvalue weighted by Gasteiger charge is 2.14. The quantitative estimate of drug-likeness (QED) is 0.586. The molecule has 0 amide bonds. The maximum atomic E-state index is 10.9. The molecule has 19 heavy (non-hydrogen) atoms. The van der Waals surface area contributed by atoms with E-state index in [1.807, 2.05) is 20.8 Å². The molecule has 0 bridgehead atoms. The summed E-state index contributed by atoms with van der Waals surface area (Å²) in [6, 6.07) is 4.58. The van der Waals surface area contributed by atoms with Crippen LogP contribution in [0.2, 0.25) is 0 Å². The van der Waals surface area contributed by atoms with E-state index in [0.717, 1.165) is 0 Å². The normalized spacial score (nSPS) is 13.7. The Hall–Kier alpha value is -1.82. The summed E-state index contributed by atoms with van der Waals surface area (Å²) < 4.78 is 5.31. The molecular formula is C13H20N2O4. The van der Waals surface area contributed by atoms with Crippen LogP contribution in [0.4, 0.5) is 11.4 Å². The van der Waals surface area contributed by atoms with Crippen molar-refractivity contribution < 1.29 is 14.8 Å². The van der Waals surface area contributed by atoms with Gasteiger partial charge in [-0.05, 0) is 19.8 Å². The Morgan fingerprint density at radius 3 is 2.63 bits per heavy atom. The Kier molecular flexibility index (Phi) is 5.57. The number of anilines is 1. The maximum absolute atomic E-state index is 10.9. The lowest BCUT2D eigenvalue weighted by Gasteiger charge is -2.20. The Morgan fingerprint density at radius 2 is 2.11 bits per heavy atom. The Morgan fingerprint density at radius 1 is 1.42 bits per heavy atom. The lowest BCUT2D eigenvalue weighted by atomic mass is 10.0. The van der Waals surface area contributed by atoms with Gasteiger partial charge < -0.3 is 15.2 Å². The first-order valence-electron chi connectivity index (χ1n) is 6.27. The van der Waals surface area contributed by atoms with Crippen LogP contribution in [0.1, 0.15) is 20.8 Å². The van der Waals surface area contributed by atoms with Gasteiger partial charge in [0.05, 0.1) is 17.6 Å². The smallest absolute Gasteiger partial charge is 0.275 e. The van der Waals surface area contributed by atoms with Gasteiger partial charge >= 0.3 is 0 Å². The van der Waals surface area contributed by atoms with Crippen molar-refractivity contribution in [1.29, 1.82) is 0 Å². The van der Waals surface area contributed by atoms with Crippen molar-refractivity contribution in [2.45, 2.75) is 26.8 Å². The van der Waals surface area contributed by atoms with Crippen molar-refractivity contribution in [2.24, 2.45) is 5.92 Å². The SMILES string of the molecule is CCOc1cc(NC(C)C(C)CO)cc([N+](=O)[O-])c1. The highest BCUT2D eigenvalue weighted by Crippen LogP contribution is 2.27. The molecule has 2 unspecified atom stereocenters. The van der Waals surface area contributed by atoms with E-state index in [-0.39, 0.29) is 24.3 Å². The lowest BCUT2D eigenvalue weighted by Crippen LogP contribution is -2.26. The van der Waals surface area contributed by atoms with E-state index in [0.29, 0.717) is 18.0 Å². The van der Waals surface area contributed by atoms with Gasteiger partial charge in [0, 0.05) is 30.5 Å². The number of nitro groups is 1. The summed E-state index contributed by atoms with van der Waals surface area (Å²) in [5, 5.41) is 23.1. The summed E-state index contributed by atoms with van der Waals surface area (Å²) in [6.45, 7) is 6.14. The van der Waals surface area contributed by atoms with Gasteiger partial charge in [0.1, 0.15) is 5.75 Å². The van der Waals surface area contributed by atoms with Crippen LogP contribution in [0.3, 0.4) is 0 Å². The Labute approximate surface area is 112 Å². The highest BCUT2D eigenvalue weighted by atomic mass is 16.6. The monoisotopic (exact) mass is 268 g/mol. The predicted molar refractivity (Wildman–Crippen MR) is 73.6 cm³/mol. The summed E-state index contributed by atoms with van der Waals surface area (Å²) in [7, 11) is 0. The molecule has 0 saturated heterocycles. The number of nitro benzene ring substituents is 1. The number of ether oxygens (including phenoxy) is 1. The predicted octanol–water partition coefficient (Wildman–Crippen LogP) is 2.42. The Balaban J connectivity index is 2.95. The molecule has 1 rings (SSSR count). The van der Waals surface area contributed by atoms with Crippen molar-refractivity contribution in [1.82, 2.24) is 0 Å². The fourth-order valence-electron chi connectivity index (χ4n) is 1.59. The third kappa shape index (κ3) is 4.40. The van der Waals surface area contributed by atoms with Gasteiger partial charge in [-0.3, -0.25) is 10.1 Å². The minimum absolute atomic E-state index is 0.00137. The second-order valence-corrected chi connectivity index (χ2v) is 4.50. The molecule has 0 aliphatic rings. The highest BCUT2D eigenvalue weighted by molar-refractivity contribution is 5.56. The fourth-order valence-corrected chi connectivity index (χ4v) is 1.59. The molecule has 6 heteroatoms. The third-order valence-corrected chi connectivity index (χ3v) is 2.95. The molecule has 0 aromatic heterocycles. The average Bonchev–Trinajstić information content (AvgIpc) is 2.37. The molecule has 106 valence electrons. The molecule has 2 N–H and O–H groups in total. The van der Waals surface area contributed by atoms with Crippen LogP contribution in [0, 0.1) is 16.0 Å². The molecule has 0 saturated carbocycles. The number of hydrogen-bond donors (Lipinski definition) is 2. The van der Waals surface area contributed by atoms with Gasteiger partial charge in [-0.2, -0.15) is 0 Å². The number of nitrogens with zero attached hydrogens (tertiary/aromatic N) is 1. The zero-order valence-corrected chi connectivity index (χ0v) is 11.4. The minimum Gasteiger partial charge on any atom is -0.494 e. The summed E-state index contributed by atoms with van der Waals surface area (Å²) in [6.07, 6.45) is 0. The number of aliphatic hydroxyl groups is 1. The molecule has 1 aromatic rings. The molecular weight excluding hydrogens is 248 g/mol. The standard InChI is InChI=1S/C13H20N2O4/c1-4-19-13-6-11(5-12(7-13)15(17)18)14-10(3)9(2)8-16/h5-7,9-10,14,16H,4,8H2,1-3H3. The topological polar surface area (TPSA) is 84.6 Å². The fraction of sp³-hybridized carbons (Fsp3) is 0.538. The molecule has 0 aliphatic carbocycles. The van der Waals surface area contributed by atoms with Crippen molar-refractivity contribution in [2.75, 3.05) is 18.5 Å². The van der Waals surface area contributed by atoms with Gasteiger partial charge in [-0.15, -0.1) is 0 Å². The van der Waals surface area contributed by atoms with Crippen LogP contribution < -0.4 is 10.1 Å². The number of non-ortho nitro benzene ring substituents is 1. The summed E-state index contributed by atoms with van der Waals surface area (Å²) >= 11 is 0. The van der Waals surface area contributed by atoms with E-state index in [4.69, 9.17) is 9.84 Å². The number of rotatable bonds is 7. The summed E-state index contributed by atoms with van der Waals surface area (Å²) in [5.74, 6) is 0.512. The number of hydrogen-bond acceptors (Lipinski definition) is 5. The molecule has 1 aromatic carbocycles. The van der Waals surface area contributed by atoms with Gasteiger partial charge in [0.2, 0.25) is 0 Å². The van der Waals surface area contributed by atoms with Crippen LogP contribution in [-0.2, 0) is 0 Å². The van der Waals surface area contributed by atoms with E-state index >= 15 is 0 Å². The van der Waals surface area contributed by atoms with E-state index in [1.54, 1.807) is 6.07 Å². The van der Waals surface area contributed by atoms with Crippen LogP contribution in [0.5, 0.6) is 5.75 Å². The van der Waals surface area contributed by atoms with E-state index in [9.17, 15) is 10.1 Å². The van der Waals surface area contributed by atoms with E-state index in [1.165, 1.54) is 12.1 Å². The largest absolute Gasteiger partial charge is 0.494 e. The number of nitrogens with one attached hydrogen (secondary N) is 1. The first-order chi connectivity index (χ1) is 8.97. The van der Waals surface area contributed by atoms with Crippen LogP contribution in [-0.4, -0.2) is 29.3 Å². The van der Waals surface area contributed by atoms with Gasteiger partial charge in [-0.25, -0.2) is 0 Å². The first kappa shape index (κ1) is 15.2. The molecule has 0 radical (unpaired) electrons. The second kappa shape index (κ2) is 6.94. The van der Waals surface area contributed by atoms with Crippen molar-refractivity contribution >= 4 is 11.4 Å². The first-order valence-corrected chi connectivity index (χ1v) is 6.27. The second-order valence-electron chi connectivity index (χ2n) is 4.50. The lowest BCUT2D eigenvalue weighted by molar-refractivity contribution is -0.384. The molecule has 2 atom stereocenters. The summed E-state index contributed by atoms with van der Waals surface area (Å²) in [5.41, 5.74) is 0.600. The molecule has 0 fully saturated rings. The van der Waals surface area contributed by atoms with Crippen LogP contribution >= 0.6 is 0 Å². The van der Waals surface area contributed by atoms with Crippen molar-refractivity contribution in [3.05, 3.63) is 28.3 Å². The van der Waals surface area contributed by atoms with Gasteiger partial charge in [-0.1, -0.05) is 6.92 Å². The average molecular weight is 268 g/mol. The molecule has 6 nitrogen and oxygen atoms in total. The summed E-state index contributed by atoms with van der Waals surface area (Å²) in [4.78, 5) is 10.4. The van der Waals surface area contributed by atoms with Crippen LogP contribution in [0.25, 0.3) is 0 Å². The zero-order valence-electron chi connectivity index (χ0n) is 11.4. The number of aliphatic hydroxyl groups excluding tert-OH is 1. The molecule has 0 spiro atoms.